The Hall–Kier alpha value is -4.44. The van der Waals surface area contributed by atoms with Crippen molar-refractivity contribution in [3.63, 3.8) is 0 Å². The molecule has 1 aliphatic heterocycles. The minimum absolute atomic E-state index is 0.0660. The normalized spacial score (nSPS) is 14.3. The lowest BCUT2D eigenvalue weighted by Gasteiger charge is -2.40. The second-order valence-corrected chi connectivity index (χ2v) is 9.17. The molecule has 0 atom stereocenters. The fourth-order valence-electron chi connectivity index (χ4n) is 5.58. The smallest absolute Gasteiger partial charge is 0.339 e. The molecule has 0 saturated heterocycles. The minimum atomic E-state index is -1.03. The van der Waals surface area contributed by atoms with Gasteiger partial charge in [-0.2, -0.15) is 0 Å². The Morgan fingerprint density at radius 1 is 0.806 bits per heavy atom. The van der Waals surface area contributed by atoms with Gasteiger partial charge in [-0.15, -0.1) is 0 Å². The minimum Gasteiger partial charge on any atom is -0.476 e. The lowest BCUT2D eigenvalue weighted by Crippen LogP contribution is -2.41. The highest BCUT2D eigenvalue weighted by Gasteiger charge is 2.46. The Morgan fingerprint density at radius 3 is 2.06 bits per heavy atom. The third-order valence-corrected chi connectivity index (χ3v) is 7.24. The van der Waals surface area contributed by atoms with Gasteiger partial charge < -0.3 is 9.47 Å². The molecule has 0 amide bonds. The maximum atomic E-state index is 14.1. The van der Waals surface area contributed by atoms with Crippen molar-refractivity contribution < 1.29 is 19.1 Å². The lowest BCUT2D eigenvalue weighted by molar-refractivity contribution is 0.0556. The van der Waals surface area contributed by atoms with Crippen molar-refractivity contribution in [2.75, 3.05) is 7.11 Å². The van der Waals surface area contributed by atoms with Crippen LogP contribution in [0.4, 0.5) is 0 Å². The molecule has 176 valence electrons. The van der Waals surface area contributed by atoms with Crippen LogP contribution in [0.2, 0.25) is 0 Å². The number of carbonyl (C=O) groups excluding carboxylic acids is 2. The topological polar surface area (TPSA) is 52.6 Å². The Balaban J connectivity index is 1.75. The summed E-state index contributed by atoms with van der Waals surface area (Å²) in [6, 6.07) is 31.7. The van der Waals surface area contributed by atoms with Crippen molar-refractivity contribution in [1.29, 1.82) is 0 Å². The second kappa shape index (κ2) is 8.35. The Morgan fingerprint density at radius 2 is 1.42 bits per heavy atom. The van der Waals surface area contributed by atoms with Crippen LogP contribution in [0.1, 0.15) is 43.8 Å². The van der Waals surface area contributed by atoms with Crippen LogP contribution < -0.4 is 4.74 Å². The first kappa shape index (κ1) is 22.1. The average molecular weight is 473 g/mol. The molecule has 0 N–H and O–H groups in total. The Labute approximate surface area is 209 Å². The molecular formula is C32H24O4. The van der Waals surface area contributed by atoms with Gasteiger partial charge in [0.15, 0.2) is 11.4 Å². The van der Waals surface area contributed by atoms with Crippen molar-refractivity contribution in [3.8, 4) is 5.75 Å². The van der Waals surface area contributed by atoms with E-state index in [-0.39, 0.29) is 17.8 Å². The summed E-state index contributed by atoms with van der Waals surface area (Å²) in [6.07, 6.45) is 0.0660. The quantitative estimate of drug-likeness (QED) is 0.210. The zero-order valence-electron chi connectivity index (χ0n) is 20.1. The zero-order valence-corrected chi connectivity index (χ0v) is 20.1. The van der Waals surface area contributed by atoms with Crippen LogP contribution in [0, 0.1) is 6.92 Å². The molecule has 0 spiro atoms. The van der Waals surface area contributed by atoms with Crippen LogP contribution in [-0.4, -0.2) is 18.9 Å². The summed E-state index contributed by atoms with van der Waals surface area (Å²) in [5.74, 6) is -0.268. The predicted octanol–water partition coefficient (Wildman–Crippen LogP) is 7.00. The number of rotatable bonds is 3. The van der Waals surface area contributed by atoms with Crippen LogP contribution in [0.3, 0.4) is 0 Å². The fourth-order valence-corrected chi connectivity index (χ4v) is 5.58. The van der Waals surface area contributed by atoms with E-state index in [0.29, 0.717) is 11.3 Å². The number of hydrogen-bond acceptors (Lipinski definition) is 4. The summed E-state index contributed by atoms with van der Waals surface area (Å²) in [5, 5.41) is 3.73. The molecule has 4 heteroatoms. The molecule has 0 aromatic heterocycles. The van der Waals surface area contributed by atoms with E-state index in [9.17, 15) is 9.59 Å². The van der Waals surface area contributed by atoms with Crippen molar-refractivity contribution in [2.45, 2.75) is 18.9 Å². The monoisotopic (exact) mass is 472 g/mol. The highest BCUT2D eigenvalue weighted by atomic mass is 16.5. The summed E-state index contributed by atoms with van der Waals surface area (Å²) in [6.45, 7) is 1.88. The van der Waals surface area contributed by atoms with Gasteiger partial charge in [-0.3, -0.25) is 4.79 Å². The van der Waals surface area contributed by atoms with E-state index in [1.54, 1.807) is 0 Å². The first-order chi connectivity index (χ1) is 17.5. The fraction of sp³-hybridized carbons (Fsp3) is 0.125. The zero-order chi connectivity index (χ0) is 24.9. The van der Waals surface area contributed by atoms with Crippen molar-refractivity contribution in [1.82, 2.24) is 0 Å². The second-order valence-electron chi connectivity index (χ2n) is 9.17. The lowest BCUT2D eigenvalue weighted by atomic mass is 9.77. The first-order valence-corrected chi connectivity index (χ1v) is 11.9. The summed E-state index contributed by atoms with van der Waals surface area (Å²) >= 11 is 0. The van der Waals surface area contributed by atoms with Crippen molar-refractivity contribution in [2.24, 2.45) is 0 Å². The highest BCUT2D eigenvalue weighted by Crippen LogP contribution is 2.50. The van der Waals surface area contributed by atoms with E-state index in [1.165, 1.54) is 7.11 Å². The van der Waals surface area contributed by atoms with Gasteiger partial charge in [0.05, 0.1) is 24.7 Å². The summed E-state index contributed by atoms with van der Waals surface area (Å²) < 4.78 is 12.2. The van der Waals surface area contributed by atoms with E-state index in [2.05, 4.69) is 0 Å². The molecule has 0 bridgehead atoms. The van der Waals surface area contributed by atoms with Gasteiger partial charge >= 0.3 is 5.97 Å². The van der Waals surface area contributed by atoms with Crippen molar-refractivity contribution in [3.05, 3.63) is 125 Å². The van der Waals surface area contributed by atoms with Gasteiger partial charge in [-0.1, -0.05) is 91.0 Å². The molecule has 1 aliphatic rings. The molecule has 36 heavy (non-hydrogen) atoms. The molecule has 5 aromatic rings. The van der Waals surface area contributed by atoms with Crippen LogP contribution in [0.25, 0.3) is 21.5 Å². The summed E-state index contributed by atoms with van der Waals surface area (Å²) in [5.41, 5.74) is 2.01. The SMILES string of the molecule is COC(=O)c1c2c(c3ccc4ccccc4c3c1C)OC(c1ccccc1)(c1ccccc1)CC2=O. The van der Waals surface area contributed by atoms with Gasteiger partial charge in [0.2, 0.25) is 0 Å². The largest absolute Gasteiger partial charge is 0.476 e. The molecule has 0 aliphatic carbocycles. The van der Waals surface area contributed by atoms with E-state index in [4.69, 9.17) is 9.47 Å². The summed E-state index contributed by atoms with van der Waals surface area (Å²) in [4.78, 5) is 27.2. The van der Waals surface area contributed by atoms with Crippen LogP contribution in [-0.2, 0) is 10.3 Å². The van der Waals surface area contributed by atoms with E-state index in [1.807, 2.05) is 104 Å². The molecule has 1 heterocycles. The number of aryl methyl sites for hydroxylation is 1. The average Bonchev–Trinajstić information content (AvgIpc) is 2.93. The highest BCUT2D eigenvalue weighted by molar-refractivity contribution is 6.20. The van der Waals surface area contributed by atoms with E-state index in [0.717, 1.165) is 38.2 Å². The number of hydrogen-bond donors (Lipinski definition) is 0. The molecule has 6 rings (SSSR count). The molecule has 0 unspecified atom stereocenters. The van der Waals surface area contributed by atoms with Gasteiger partial charge in [-0.05, 0) is 34.7 Å². The van der Waals surface area contributed by atoms with Crippen molar-refractivity contribution >= 4 is 33.3 Å². The number of ether oxygens (including phenoxy) is 2. The number of carbonyl (C=O) groups is 2. The summed E-state index contributed by atoms with van der Waals surface area (Å²) in [7, 11) is 1.34. The van der Waals surface area contributed by atoms with Crippen LogP contribution >= 0.6 is 0 Å². The number of esters is 1. The number of methoxy groups -OCH3 is 1. The maximum Gasteiger partial charge on any atom is 0.339 e. The predicted molar refractivity (Wildman–Crippen MR) is 141 cm³/mol. The van der Waals surface area contributed by atoms with Gasteiger partial charge in [0.1, 0.15) is 5.75 Å². The standard InChI is InChI=1S/C32H24O4/c1-20-27-24-16-10-9-11-21(24)17-18-25(27)30-29(28(20)31(34)35-2)26(33)19-32(36-30,22-12-5-3-6-13-22)23-14-7-4-8-15-23/h3-18H,19H2,1-2H3. The molecule has 5 aromatic carbocycles. The molecule has 0 fully saturated rings. The third-order valence-electron chi connectivity index (χ3n) is 7.24. The molecule has 0 radical (unpaired) electrons. The number of ketones is 1. The number of fused-ring (bicyclic) bond motifs is 5. The van der Waals surface area contributed by atoms with Gasteiger partial charge in [0.25, 0.3) is 0 Å². The Bertz CT molecular complexity index is 1610. The van der Waals surface area contributed by atoms with Crippen LogP contribution in [0.15, 0.2) is 97.1 Å². The van der Waals surface area contributed by atoms with E-state index < -0.39 is 11.6 Å². The number of benzene rings is 5. The van der Waals surface area contributed by atoms with Gasteiger partial charge in [0, 0.05) is 16.5 Å². The Kier molecular flexibility index (Phi) is 5.11. The first-order valence-electron chi connectivity index (χ1n) is 11.9. The molecule has 0 saturated carbocycles. The third kappa shape index (κ3) is 3.14. The number of Topliss-reactive ketones (excluding diaryl/α,β-unsaturated/α-hetero) is 1. The molecule has 4 nitrogen and oxygen atoms in total. The van der Waals surface area contributed by atoms with Crippen LogP contribution in [0.5, 0.6) is 5.75 Å². The van der Waals surface area contributed by atoms with E-state index >= 15 is 0 Å². The molecular weight excluding hydrogens is 448 g/mol. The maximum absolute atomic E-state index is 14.1. The van der Waals surface area contributed by atoms with Gasteiger partial charge in [-0.25, -0.2) is 4.79 Å².